The standard InChI is InChI=1S/C22H31N5O.HI/c1-2-23-22(25-13-11-20-10-6-7-12-24-20)26-18-21(19-8-4-3-5-9-19)27-14-16-28-17-15-27;/h3-10,12,21H,2,11,13-18H2,1H3,(H2,23,25,26);1H. The van der Waals surface area contributed by atoms with Gasteiger partial charge in [-0.05, 0) is 24.6 Å². The molecule has 2 N–H and O–H groups in total. The van der Waals surface area contributed by atoms with Gasteiger partial charge in [-0.25, -0.2) is 0 Å². The molecule has 29 heavy (non-hydrogen) atoms. The van der Waals surface area contributed by atoms with Crippen molar-refractivity contribution in [1.82, 2.24) is 20.5 Å². The first kappa shape index (κ1) is 23.6. The van der Waals surface area contributed by atoms with Crippen LogP contribution in [0, 0.1) is 0 Å². The minimum atomic E-state index is 0. The Balaban J connectivity index is 0.00000300. The first-order chi connectivity index (χ1) is 13.9. The normalized spacial score (nSPS) is 16.0. The fraction of sp³-hybridized carbons (Fsp3) is 0.455. The second kappa shape index (κ2) is 13.5. The summed E-state index contributed by atoms with van der Waals surface area (Å²) in [5.74, 6) is 0.854. The second-order valence-electron chi connectivity index (χ2n) is 6.79. The number of nitrogens with one attached hydrogen (secondary N) is 2. The summed E-state index contributed by atoms with van der Waals surface area (Å²) in [6, 6.07) is 16.9. The number of pyridine rings is 1. The zero-order chi connectivity index (χ0) is 19.4. The SMILES string of the molecule is CCNC(=NCC(c1ccccc1)N1CCOCC1)NCCc1ccccn1.I. The van der Waals surface area contributed by atoms with Crippen molar-refractivity contribution in [3.8, 4) is 0 Å². The summed E-state index contributed by atoms with van der Waals surface area (Å²) >= 11 is 0. The summed E-state index contributed by atoms with van der Waals surface area (Å²) in [7, 11) is 0. The van der Waals surface area contributed by atoms with Crippen molar-refractivity contribution in [2.45, 2.75) is 19.4 Å². The van der Waals surface area contributed by atoms with Gasteiger partial charge in [0.1, 0.15) is 0 Å². The van der Waals surface area contributed by atoms with Crippen LogP contribution in [0.5, 0.6) is 0 Å². The third-order valence-corrected chi connectivity index (χ3v) is 4.84. The molecule has 1 aromatic carbocycles. The molecule has 158 valence electrons. The molecule has 1 unspecified atom stereocenters. The molecule has 0 bridgehead atoms. The highest BCUT2D eigenvalue weighted by Gasteiger charge is 2.22. The van der Waals surface area contributed by atoms with Crippen LogP contribution in [-0.4, -0.2) is 61.8 Å². The highest BCUT2D eigenvalue weighted by molar-refractivity contribution is 14.0. The average molecular weight is 509 g/mol. The maximum atomic E-state index is 5.54. The first-order valence-corrected chi connectivity index (χ1v) is 10.2. The predicted octanol–water partition coefficient (Wildman–Crippen LogP) is 2.87. The van der Waals surface area contributed by atoms with E-state index < -0.39 is 0 Å². The van der Waals surface area contributed by atoms with Gasteiger partial charge in [-0.1, -0.05) is 36.4 Å². The Hall–Kier alpha value is -1.71. The van der Waals surface area contributed by atoms with Crippen LogP contribution in [0.4, 0.5) is 0 Å². The lowest BCUT2D eigenvalue weighted by Crippen LogP contribution is -2.42. The van der Waals surface area contributed by atoms with Crippen LogP contribution in [0.1, 0.15) is 24.2 Å². The lowest BCUT2D eigenvalue weighted by Gasteiger charge is -2.34. The van der Waals surface area contributed by atoms with Crippen LogP contribution in [0.25, 0.3) is 0 Å². The van der Waals surface area contributed by atoms with Gasteiger partial charge < -0.3 is 15.4 Å². The van der Waals surface area contributed by atoms with E-state index in [1.807, 2.05) is 18.3 Å². The monoisotopic (exact) mass is 509 g/mol. The Bertz CT molecular complexity index is 708. The van der Waals surface area contributed by atoms with Crippen LogP contribution in [-0.2, 0) is 11.2 Å². The number of aromatic nitrogens is 1. The quantitative estimate of drug-likeness (QED) is 0.326. The number of aliphatic imine (C=N–C) groups is 1. The molecule has 0 spiro atoms. The molecule has 0 amide bonds. The fourth-order valence-corrected chi connectivity index (χ4v) is 3.37. The van der Waals surface area contributed by atoms with Crippen molar-refractivity contribution in [2.75, 3.05) is 45.9 Å². The Morgan fingerprint density at radius 3 is 2.55 bits per heavy atom. The van der Waals surface area contributed by atoms with Crippen LogP contribution in [0.3, 0.4) is 0 Å². The Kier molecular flexibility index (Phi) is 11.0. The van der Waals surface area contributed by atoms with Gasteiger partial charge in [0.15, 0.2) is 5.96 Å². The van der Waals surface area contributed by atoms with Gasteiger partial charge in [0, 0.05) is 44.5 Å². The molecule has 1 aromatic heterocycles. The molecule has 1 aliphatic rings. The minimum Gasteiger partial charge on any atom is -0.379 e. The van der Waals surface area contributed by atoms with Crippen molar-refractivity contribution in [2.24, 2.45) is 4.99 Å². The van der Waals surface area contributed by atoms with Crippen molar-refractivity contribution in [3.63, 3.8) is 0 Å². The topological polar surface area (TPSA) is 61.8 Å². The van der Waals surface area contributed by atoms with Gasteiger partial charge in [-0.2, -0.15) is 0 Å². The number of morpholine rings is 1. The number of rotatable bonds is 8. The molecule has 1 saturated heterocycles. The number of ether oxygens (including phenoxy) is 1. The van der Waals surface area contributed by atoms with E-state index in [1.165, 1.54) is 5.56 Å². The molecule has 1 fully saturated rings. The van der Waals surface area contributed by atoms with E-state index >= 15 is 0 Å². The molecular weight excluding hydrogens is 477 g/mol. The summed E-state index contributed by atoms with van der Waals surface area (Å²) in [6.07, 6.45) is 2.71. The largest absolute Gasteiger partial charge is 0.379 e. The molecule has 6 nitrogen and oxygen atoms in total. The molecule has 0 aliphatic carbocycles. The van der Waals surface area contributed by atoms with Gasteiger partial charge in [-0.15, -0.1) is 24.0 Å². The van der Waals surface area contributed by atoms with E-state index in [0.717, 1.165) is 57.5 Å². The van der Waals surface area contributed by atoms with Crippen molar-refractivity contribution >= 4 is 29.9 Å². The van der Waals surface area contributed by atoms with Gasteiger partial charge in [0.05, 0.1) is 25.8 Å². The smallest absolute Gasteiger partial charge is 0.191 e. The number of hydrogen-bond acceptors (Lipinski definition) is 4. The van der Waals surface area contributed by atoms with Gasteiger partial charge in [0.25, 0.3) is 0 Å². The van der Waals surface area contributed by atoms with Crippen LogP contribution in [0.2, 0.25) is 0 Å². The number of guanidine groups is 1. The van der Waals surface area contributed by atoms with E-state index in [1.54, 1.807) is 0 Å². The molecule has 3 rings (SSSR count). The fourth-order valence-electron chi connectivity index (χ4n) is 3.37. The van der Waals surface area contributed by atoms with Crippen LogP contribution >= 0.6 is 24.0 Å². The highest BCUT2D eigenvalue weighted by Crippen LogP contribution is 2.22. The van der Waals surface area contributed by atoms with E-state index in [0.29, 0.717) is 6.54 Å². The maximum absolute atomic E-state index is 5.54. The van der Waals surface area contributed by atoms with Crippen molar-refractivity contribution in [1.29, 1.82) is 0 Å². The molecule has 2 heterocycles. The predicted molar refractivity (Wildman–Crippen MR) is 129 cm³/mol. The lowest BCUT2D eigenvalue weighted by atomic mass is 10.1. The highest BCUT2D eigenvalue weighted by atomic mass is 127. The molecule has 0 saturated carbocycles. The molecule has 0 radical (unpaired) electrons. The van der Waals surface area contributed by atoms with Crippen LogP contribution in [0.15, 0.2) is 59.7 Å². The second-order valence-corrected chi connectivity index (χ2v) is 6.79. The van der Waals surface area contributed by atoms with E-state index in [9.17, 15) is 0 Å². The Labute approximate surface area is 191 Å². The third kappa shape index (κ3) is 7.91. The van der Waals surface area contributed by atoms with E-state index in [2.05, 4.69) is 63.8 Å². The lowest BCUT2D eigenvalue weighted by molar-refractivity contribution is 0.0180. The Morgan fingerprint density at radius 1 is 1.10 bits per heavy atom. The van der Waals surface area contributed by atoms with Gasteiger partial charge in [-0.3, -0.25) is 14.9 Å². The number of hydrogen-bond donors (Lipinski definition) is 2. The van der Waals surface area contributed by atoms with Crippen LogP contribution < -0.4 is 10.6 Å². The van der Waals surface area contributed by atoms with E-state index in [-0.39, 0.29) is 30.0 Å². The molecular formula is C22H32IN5O. The molecule has 7 heteroatoms. The summed E-state index contributed by atoms with van der Waals surface area (Å²) < 4.78 is 5.54. The first-order valence-electron chi connectivity index (χ1n) is 10.2. The summed E-state index contributed by atoms with van der Waals surface area (Å²) in [5, 5.41) is 6.79. The maximum Gasteiger partial charge on any atom is 0.191 e. The Morgan fingerprint density at radius 2 is 1.86 bits per heavy atom. The third-order valence-electron chi connectivity index (χ3n) is 4.84. The van der Waals surface area contributed by atoms with E-state index in [4.69, 9.17) is 9.73 Å². The van der Waals surface area contributed by atoms with Crippen molar-refractivity contribution in [3.05, 3.63) is 66.0 Å². The number of benzene rings is 1. The average Bonchev–Trinajstić information content (AvgIpc) is 2.76. The zero-order valence-electron chi connectivity index (χ0n) is 17.1. The van der Waals surface area contributed by atoms with Gasteiger partial charge >= 0.3 is 0 Å². The number of nitrogens with zero attached hydrogens (tertiary/aromatic N) is 3. The molecule has 2 aromatic rings. The minimum absolute atomic E-state index is 0. The summed E-state index contributed by atoms with van der Waals surface area (Å²) in [5.41, 5.74) is 2.39. The molecule has 1 aliphatic heterocycles. The van der Waals surface area contributed by atoms with Crippen molar-refractivity contribution < 1.29 is 4.74 Å². The van der Waals surface area contributed by atoms with Gasteiger partial charge in [0.2, 0.25) is 0 Å². The number of halogens is 1. The summed E-state index contributed by atoms with van der Waals surface area (Å²) in [6.45, 7) is 7.90. The summed E-state index contributed by atoms with van der Waals surface area (Å²) in [4.78, 5) is 11.7. The zero-order valence-corrected chi connectivity index (χ0v) is 19.4. The molecule has 1 atom stereocenters.